The van der Waals surface area contributed by atoms with Crippen molar-refractivity contribution in [1.29, 1.82) is 0 Å². The number of hydrogen-bond donors (Lipinski definition) is 1. The van der Waals surface area contributed by atoms with Crippen LogP contribution in [0.1, 0.15) is 28.7 Å². The number of carbonyl (C=O) groups excluding carboxylic acids is 1. The summed E-state index contributed by atoms with van der Waals surface area (Å²) in [4.78, 5) is 13.2. The van der Waals surface area contributed by atoms with Crippen molar-refractivity contribution < 1.29 is 13.9 Å². The first-order valence-corrected chi connectivity index (χ1v) is 16.1. The summed E-state index contributed by atoms with van der Waals surface area (Å²) in [6, 6.07) is 37.1. The first-order valence-electron chi connectivity index (χ1n) is 12.7. The van der Waals surface area contributed by atoms with E-state index in [4.69, 9.17) is 0 Å². The molecule has 5 aromatic rings. The summed E-state index contributed by atoms with van der Waals surface area (Å²) in [5, 5.41) is 6.30. The Morgan fingerprint density at radius 3 is 1.31 bits per heavy atom. The highest BCUT2D eigenvalue weighted by Crippen LogP contribution is 2.47. The van der Waals surface area contributed by atoms with Gasteiger partial charge in [-0.1, -0.05) is 97.1 Å². The third kappa shape index (κ3) is 4.63. The van der Waals surface area contributed by atoms with Gasteiger partial charge in [0.1, 0.15) is 0 Å². The average Bonchev–Trinajstić information content (AvgIpc) is 3.23. The number of benzene rings is 4. The Balaban J connectivity index is 1.80. The van der Waals surface area contributed by atoms with Crippen LogP contribution in [-0.4, -0.2) is 10.5 Å². The molecule has 0 unspecified atom stereocenters. The van der Waals surface area contributed by atoms with Crippen molar-refractivity contribution in [1.82, 2.24) is 4.68 Å². The van der Waals surface area contributed by atoms with E-state index in [9.17, 15) is 9.36 Å². The molecule has 0 saturated heterocycles. The van der Waals surface area contributed by atoms with Crippen LogP contribution in [0, 0.1) is 13.8 Å². The topological polar surface area (TPSA) is 68.2 Å². The van der Waals surface area contributed by atoms with Gasteiger partial charge in [-0.15, -0.1) is 0 Å². The molecule has 0 fully saturated rings. The van der Waals surface area contributed by atoms with Gasteiger partial charge >= 0.3 is 0 Å². The summed E-state index contributed by atoms with van der Waals surface area (Å²) in [7, 11) is -6.91. The molecular formula is C32H30N2O3P2. The van der Waals surface area contributed by atoms with Gasteiger partial charge in [0.25, 0.3) is 0 Å². The normalized spacial score (nSPS) is 11.8. The number of ketones is 1. The molecule has 1 heterocycles. The third-order valence-corrected chi connectivity index (χ3v) is 12.8. The smallest absolute Gasteiger partial charge is 0.240 e. The third-order valence-electron chi connectivity index (χ3n) is 7.00. The highest BCUT2D eigenvalue weighted by Gasteiger charge is 2.39. The first kappa shape index (κ1) is 26.7. The molecular weight excluding hydrogens is 522 g/mol. The summed E-state index contributed by atoms with van der Waals surface area (Å²) < 4.78 is 32.0. The van der Waals surface area contributed by atoms with Crippen molar-refractivity contribution in [2.45, 2.75) is 20.8 Å². The molecule has 4 aromatic carbocycles. The summed E-state index contributed by atoms with van der Waals surface area (Å²) >= 11 is 0. The van der Waals surface area contributed by atoms with E-state index >= 15 is 4.57 Å². The number of hydrogen-bond acceptors (Lipinski definition) is 3. The molecule has 5 rings (SSSR count). The molecule has 0 bridgehead atoms. The lowest BCUT2D eigenvalue weighted by molar-refractivity contribution is 0.101. The maximum Gasteiger partial charge on any atom is 0.240 e. The molecule has 0 radical (unpaired) electrons. The summed E-state index contributed by atoms with van der Waals surface area (Å²) in [6.07, 6.45) is 0. The predicted octanol–water partition coefficient (Wildman–Crippen LogP) is 5.42. The number of nitrogens with zero attached hydrogens (tertiary/aromatic N) is 1. The molecule has 0 amide bonds. The fraction of sp³-hybridized carbons (Fsp3) is 0.0938. The zero-order valence-corrected chi connectivity index (χ0v) is 23.9. The van der Waals surface area contributed by atoms with Crippen molar-refractivity contribution in [3.05, 3.63) is 138 Å². The van der Waals surface area contributed by atoms with E-state index in [0.29, 0.717) is 43.5 Å². The predicted molar refractivity (Wildman–Crippen MR) is 162 cm³/mol. The number of Topliss-reactive ketones (excluding diaryl/α,β-unsaturated/α-hetero) is 1. The van der Waals surface area contributed by atoms with Crippen LogP contribution in [0.15, 0.2) is 121 Å². The van der Waals surface area contributed by atoms with Crippen LogP contribution in [0.4, 0.5) is 0 Å². The van der Waals surface area contributed by atoms with Crippen LogP contribution in [0.5, 0.6) is 0 Å². The molecule has 0 spiro atoms. The fourth-order valence-corrected chi connectivity index (χ4v) is 10.6. The fourth-order valence-electron chi connectivity index (χ4n) is 5.14. The molecule has 1 aromatic heterocycles. The van der Waals surface area contributed by atoms with Crippen LogP contribution in [-0.2, 0) is 9.13 Å². The zero-order chi connectivity index (χ0) is 27.6. The Morgan fingerprint density at radius 2 is 0.949 bits per heavy atom. The molecule has 196 valence electrons. The van der Waals surface area contributed by atoms with Crippen molar-refractivity contribution in [3.8, 4) is 0 Å². The van der Waals surface area contributed by atoms with Gasteiger partial charge in [0.05, 0.1) is 10.9 Å². The highest BCUT2D eigenvalue weighted by molar-refractivity contribution is 7.85. The number of aromatic nitrogens is 1. The minimum absolute atomic E-state index is 0.201. The largest absolute Gasteiger partial charge is 0.309 e. The van der Waals surface area contributed by atoms with Crippen molar-refractivity contribution in [3.63, 3.8) is 0 Å². The Hall–Kier alpha value is -3.91. The Morgan fingerprint density at radius 1 is 0.590 bits per heavy atom. The molecule has 7 heteroatoms. The Bertz CT molecular complexity index is 1630. The molecule has 39 heavy (non-hydrogen) atoms. The van der Waals surface area contributed by atoms with Crippen LogP contribution < -0.4 is 31.7 Å². The van der Waals surface area contributed by atoms with Gasteiger partial charge in [-0.05, 0) is 45.0 Å². The maximum absolute atomic E-state index is 15.4. The lowest BCUT2D eigenvalue weighted by atomic mass is 10.2. The van der Waals surface area contributed by atoms with E-state index in [1.54, 1.807) is 11.6 Å². The molecule has 0 saturated carbocycles. The minimum atomic E-state index is -3.49. The number of rotatable bonds is 8. The van der Waals surface area contributed by atoms with E-state index in [0.717, 1.165) is 0 Å². The van der Waals surface area contributed by atoms with Crippen LogP contribution in [0.25, 0.3) is 0 Å². The van der Waals surface area contributed by atoms with Gasteiger partial charge in [0.2, 0.25) is 7.29 Å². The number of nitrogens with one attached hydrogen (secondary N) is 1. The molecule has 1 N–H and O–H groups in total. The van der Waals surface area contributed by atoms with Gasteiger partial charge < -0.3 is 4.57 Å². The summed E-state index contributed by atoms with van der Waals surface area (Å²) in [6.45, 7) is 5.13. The molecule has 0 aliphatic rings. The van der Waals surface area contributed by atoms with Crippen LogP contribution in [0.2, 0.25) is 0 Å². The second kappa shape index (κ2) is 10.7. The van der Waals surface area contributed by atoms with Gasteiger partial charge in [-0.2, -0.15) is 0 Å². The van der Waals surface area contributed by atoms with E-state index in [2.05, 4.69) is 5.20 Å². The van der Waals surface area contributed by atoms with Crippen molar-refractivity contribution >= 4 is 46.7 Å². The maximum atomic E-state index is 15.4. The Kier molecular flexibility index (Phi) is 7.32. The minimum Gasteiger partial charge on any atom is -0.309 e. The van der Waals surface area contributed by atoms with Crippen molar-refractivity contribution in [2.24, 2.45) is 0 Å². The number of carbonyl (C=O) groups is 1. The van der Waals surface area contributed by atoms with Gasteiger partial charge in [-0.25, -0.2) is 0 Å². The molecule has 0 atom stereocenters. The lowest BCUT2D eigenvalue weighted by Gasteiger charge is -2.25. The van der Waals surface area contributed by atoms with Crippen molar-refractivity contribution in [2.75, 3.05) is 5.20 Å². The second-order valence-electron chi connectivity index (χ2n) is 9.45. The first-order chi connectivity index (χ1) is 18.8. The second-order valence-corrected chi connectivity index (χ2v) is 14.6. The van der Waals surface area contributed by atoms with E-state index in [1.807, 2.05) is 128 Å². The standard InChI is InChI=1S/C32H30N2O3P2/c1-24-31(26(3)35)32(38(36,27-16-8-4-9-17-27)28-18-10-5-11-19-28)25(2)34(24)33-39(37,29-20-12-6-13-21-29)30-22-14-7-15-23-30/h4-23H,1-3H3,(H,33,37). The summed E-state index contributed by atoms with van der Waals surface area (Å²) in [5.41, 5.74) is 1.53. The highest BCUT2D eigenvalue weighted by atomic mass is 31.2. The molecule has 5 nitrogen and oxygen atoms in total. The SMILES string of the molecule is CC(=O)c1c(P(=O)(c2ccccc2)c2ccccc2)c(C)n(NP(=O)(c2ccccc2)c2ccccc2)c1C. The molecule has 0 aliphatic heterocycles. The summed E-state index contributed by atoms with van der Waals surface area (Å²) in [5.74, 6) is -0.201. The van der Waals surface area contributed by atoms with Gasteiger partial charge in [0, 0.05) is 32.6 Å². The van der Waals surface area contributed by atoms with Crippen LogP contribution in [0.3, 0.4) is 0 Å². The van der Waals surface area contributed by atoms with E-state index in [-0.39, 0.29) is 5.78 Å². The van der Waals surface area contributed by atoms with E-state index in [1.165, 1.54) is 6.92 Å². The van der Waals surface area contributed by atoms with Gasteiger partial charge in [-0.3, -0.25) is 19.2 Å². The monoisotopic (exact) mass is 552 g/mol. The zero-order valence-electron chi connectivity index (χ0n) is 22.1. The van der Waals surface area contributed by atoms with Crippen LogP contribution >= 0.6 is 14.4 Å². The lowest BCUT2D eigenvalue weighted by Crippen LogP contribution is -2.31. The van der Waals surface area contributed by atoms with Gasteiger partial charge in [0.15, 0.2) is 12.9 Å². The average molecular weight is 553 g/mol. The quantitative estimate of drug-likeness (QED) is 0.206. The Labute approximate surface area is 229 Å². The van der Waals surface area contributed by atoms with E-state index < -0.39 is 14.4 Å². The molecule has 0 aliphatic carbocycles.